The highest BCUT2D eigenvalue weighted by Gasteiger charge is 2.13. The van der Waals surface area contributed by atoms with Crippen LogP contribution in [0, 0.1) is 0 Å². The van der Waals surface area contributed by atoms with Crippen molar-refractivity contribution >= 4 is 5.69 Å². The van der Waals surface area contributed by atoms with Gasteiger partial charge < -0.3 is 10.2 Å². The minimum atomic E-state index is -0.0115. The molecule has 0 radical (unpaired) electrons. The maximum absolute atomic E-state index is 12.0. The molecule has 112 valence electrons. The third kappa shape index (κ3) is 3.82. The molecule has 0 aliphatic heterocycles. The Morgan fingerprint density at radius 3 is 2.65 bits per heavy atom. The first kappa shape index (κ1) is 15.0. The molecule has 0 aromatic carbocycles. The molecular weight excluding hydrogens is 252 g/mol. The van der Waals surface area contributed by atoms with Crippen molar-refractivity contribution in [3.8, 4) is 0 Å². The summed E-state index contributed by atoms with van der Waals surface area (Å²) in [6.45, 7) is 7.42. The molecule has 20 heavy (non-hydrogen) atoms. The summed E-state index contributed by atoms with van der Waals surface area (Å²) >= 11 is 0. The van der Waals surface area contributed by atoms with Gasteiger partial charge in [-0.2, -0.15) is 5.10 Å². The summed E-state index contributed by atoms with van der Waals surface area (Å²) in [6.07, 6.45) is 6.99. The molecule has 0 bridgehead atoms. The molecule has 0 saturated heterocycles. The highest BCUT2D eigenvalue weighted by Crippen LogP contribution is 2.17. The second kappa shape index (κ2) is 7.43. The Kier molecular flexibility index (Phi) is 5.59. The number of nitrogens with zero attached hydrogens (tertiary/aromatic N) is 3. The molecule has 0 atom stereocenters. The first-order valence-electron chi connectivity index (χ1n) is 7.80. The largest absolute Gasteiger partial charge is 0.371 e. The standard InChI is InChI=1S/C15H26N4O/c1-3-18(4-2)14-11-15(20)19(17-12-14)10-9-16-13-7-5-6-8-13/h11-13,16H,3-10H2,1-2H3. The molecule has 0 unspecified atom stereocenters. The molecule has 1 aliphatic carbocycles. The predicted molar refractivity (Wildman–Crippen MR) is 82.3 cm³/mol. The van der Waals surface area contributed by atoms with Crippen LogP contribution in [0.2, 0.25) is 0 Å². The summed E-state index contributed by atoms with van der Waals surface area (Å²) in [7, 11) is 0. The number of hydrogen-bond acceptors (Lipinski definition) is 4. The lowest BCUT2D eigenvalue weighted by atomic mass is 10.2. The van der Waals surface area contributed by atoms with E-state index in [0.29, 0.717) is 12.6 Å². The zero-order valence-corrected chi connectivity index (χ0v) is 12.6. The van der Waals surface area contributed by atoms with Crippen molar-refractivity contribution in [2.45, 2.75) is 52.1 Å². The van der Waals surface area contributed by atoms with Crippen LogP contribution in [0.15, 0.2) is 17.1 Å². The molecule has 1 aromatic rings. The SMILES string of the molecule is CCN(CC)c1cnn(CCNC2CCCC2)c(=O)c1. The lowest BCUT2D eigenvalue weighted by Crippen LogP contribution is -2.34. The summed E-state index contributed by atoms with van der Waals surface area (Å²) in [5, 5.41) is 7.79. The van der Waals surface area contributed by atoms with Crippen molar-refractivity contribution in [1.82, 2.24) is 15.1 Å². The van der Waals surface area contributed by atoms with E-state index in [1.54, 1.807) is 16.9 Å². The number of anilines is 1. The van der Waals surface area contributed by atoms with Gasteiger partial charge in [0.15, 0.2) is 0 Å². The number of rotatable bonds is 7. The van der Waals surface area contributed by atoms with Crippen LogP contribution >= 0.6 is 0 Å². The molecule has 5 heteroatoms. The van der Waals surface area contributed by atoms with Gasteiger partial charge in [-0.1, -0.05) is 12.8 Å². The Hall–Kier alpha value is -1.36. The van der Waals surface area contributed by atoms with Gasteiger partial charge in [0.1, 0.15) is 0 Å². The van der Waals surface area contributed by atoms with Crippen LogP contribution in [-0.2, 0) is 6.54 Å². The Morgan fingerprint density at radius 2 is 2.05 bits per heavy atom. The van der Waals surface area contributed by atoms with Gasteiger partial charge in [-0.25, -0.2) is 4.68 Å². The van der Waals surface area contributed by atoms with Crippen molar-refractivity contribution in [3.05, 3.63) is 22.6 Å². The smallest absolute Gasteiger partial charge is 0.268 e. The van der Waals surface area contributed by atoms with E-state index >= 15 is 0 Å². The maximum Gasteiger partial charge on any atom is 0.268 e. The minimum absolute atomic E-state index is 0.0115. The van der Waals surface area contributed by atoms with Crippen LogP contribution in [-0.4, -0.2) is 35.5 Å². The van der Waals surface area contributed by atoms with Gasteiger partial charge in [0.2, 0.25) is 0 Å². The third-order valence-corrected chi connectivity index (χ3v) is 4.10. The van der Waals surface area contributed by atoms with Crippen LogP contribution in [0.4, 0.5) is 5.69 Å². The fourth-order valence-corrected chi connectivity index (χ4v) is 2.86. The molecule has 1 heterocycles. The second-order valence-corrected chi connectivity index (χ2v) is 5.38. The Labute approximate surface area is 121 Å². The number of aromatic nitrogens is 2. The van der Waals surface area contributed by atoms with E-state index < -0.39 is 0 Å². The highest BCUT2D eigenvalue weighted by atomic mass is 16.1. The Bertz CT molecular complexity index is 461. The zero-order chi connectivity index (χ0) is 14.4. The fraction of sp³-hybridized carbons (Fsp3) is 0.733. The van der Waals surface area contributed by atoms with Crippen molar-refractivity contribution in [2.75, 3.05) is 24.5 Å². The first-order valence-corrected chi connectivity index (χ1v) is 7.80. The molecule has 1 fully saturated rings. The van der Waals surface area contributed by atoms with Gasteiger partial charge in [0, 0.05) is 31.7 Å². The van der Waals surface area contributed by atoms with Crippen molar-refractivity contribution < 1.29 is 0 Å². The van der Waals surface area contributed by atoms with E-state index in [-0.39, 0.29) is 5.56 Å². The van der Waals surface area contributed by atoms with Crippen molar-refractivity contribution in [1.29, 1.82) is 0 Å². The number of nitrogens with one attached hydrogen (secondary N) is 1. The molecule has 5 nitrogen and oxygen atoms in total. The van der Waals surface area contributed by atoms with Gasteiger partial charge in [-0.15, -0.1) is 0 Å². The van der Waals surface area contributed by atoms with Gasteiger partial charge in [-0.05, 0) is 26.7 Å². The first-order chi connectivity index (χ1) is 9.74. The molecule has 0 amide bonds. The molecular formula is C15H26N4O. The highest BCUT2D eigenvalue weighted by molar-refractivity contribution is 5.42. The molecule has 0 spiro atoms. The van der Waals surface area contributed by atoms with Gasteiger partial charge in [0.05, 0.1) is 18.4 Å². The monoisotopic (exact) mass is 278 g/mol. The average molecular weight is 278 g/mol. The lowest BCUT2D eigenvalue weighted by molar-refractivity contribution is 0.470. The molecule has 1 saturated carbocycles. The molecule has 1 aromatic heterocycles. The van der Waals surface area contributed by atoms with Gasteiger partial charge >= 0.3 is 0 Å². The average Bonchev–Trinajstić information content (AvgIpc) is 2.96. The Morgan fingerprint density at radius 1 is 1.35 bits per heavy atom. The van der Waals surface area contributed by atoms with Gasteiger partial charge in [-0.3, -0.25) is 4.79 Å². The zero-order valence-electron chi connectivity index (χ0n) is 12.6. The van der Waals surface area contributed by atoms with E-state index in [2.05, 4.69) is 29.2 Å². The minimum Gasteiger partial charge on any atom is -0.371 e. The maximum atomic E-state index is 12.0. The van der Waals surface area contributed by atoms with Crippen LogP contribution in [0.5, 0.6) is 0 Å². The molecule has 1 aliphatic rings. The van der Waals surface area contributed by atoms with E-state index in [9.17, 15) is 4.79 Å². The van der Waals surface area contributed by atoms with Crippen LogP contribution in [0.25, 0.3) is 0 Å². The van der Waals surface area contributed by atoms with E-state index in [1.807, 2.05) is 0 Å². The van der Waals surface area contributed by atoms with E-state index in [0.717, 1.165) is 25.3 Å². The summed E-state index contributed by atoms with van der Waals surface area (Å²) in [6, 6.07) is 2.33. The predicted octanol–water partition coefficient (Wildman–Crippen LogP) is 1.62. The van der Waals surface area contributed by atoms with E-state index in [1.165, 1.54) is 25.7 Å². The topological polar surface area (TPSA) is 50.2 Å². The van der Waals surface area contributed by atoms with Crippen LogP contribution < -0.4 is 15.8 Å². The van der Waals surface area contributed by atoms with E-state index in [4.69, 9.17) is 0 Å². The van der Waals surface area contributed by atoms with Gasteiger partial charge in [0.25, 0.3) is 5.56 Å². The fourth-order valence-electron chi connectivity index (χ4n) is 2.86. The lowest BCUT2D eigenvalue weighted by Gasteiger charge is -2.20. The van der Waals surface area contributed by atoms with Crippen LogP contribution in [0.1, 0.15) is 39.5 Å². The Balaban J connectivity index is 1.90. The summed E-state index contributed by atoms with van der Waals surface area (Å²) in [4.78, 5) is 14.2. The summed E-state index contributed by atoms with van der Waals surface area (Å²) in [5.74, 6) is 0. The summed E-state index contributed by atoms with van der Waals surface area (Å²) in [5.41, 5.74) is 0.905. The third-order valence-electron chi connectivity index (χ3n) is 4.10. The normalized spacial score (nSPS) is 15.7. The van der Waals surface area contributed by atoms with Crippen LogP contribution in [0.3, 0.4) is 0 Å². The quantitative estimate of drug-likeness (QED) is 0.823. The van der Waals surface area contributed by atoms with Crippen molar-refractivity contribution in [3.63, 3.8) is 0 Å². The van der Waals surface area contributed by atoms with Crippen molar-refractivity contribution in [2.24, 2.45) is 0 Å². The molecule has 2 rings (SSSR count). The second-order valence-electron chi connectivity index (χ2n) is 5.38. The molecule has 1 N–H and O–H groups in total. The number of hydrogen-bond donors (Lipinski definition) is 1. The summed E-state index contributed by atoms with van der Waals surface area (Å²) < 4.78 is 1.55.